The summed E-state index contributed by atoms with van der Waals surface area (Å²) >= 11 is 0. The van der Waals surface area contributed by atoms with Gasteiger partial charge in [0.2, 0.25) is 0 Å². The summed E-state index contributed by atoms with van der Waals surface area (Å²) in [4.78, 5) is 48.5. The van der Waals surface area contributed by atoms with Crippen LogP contribution in [0.5, 0.6) is 0 Å². The second-order valence-electron chi connectivity index (χ2n) is 18.0. The molecule has 0 aromatic carbocycles. The molecule has 0 heterocycles. The van der Waals surface area contributed by atoms with Crippen molar-refractivity contribution < 1.29 is 52.2 Å². The summed E-state index contributed by atoms with van der Waals surface area (Å²) in [5.74, 6) is -1.57. The van der Waals surface area contributed by atoms with Crippen LogP contribution in [0.3, 0.4) is 0 Å². The number of allylic oxidation sites excluding steroid dienone is 22. The van der Waals surface area contributed by atoms with Crippen LogP contribution in [0.15, 0.2) is 134 Å². The van der Waals surface area contributed by atoms with Gasteiger partial charge in [0, 0.05) is 19.3 Å². The van der Waals surface area contributed by atoms with Crippen molar-refractivity contribution in [2.75, 3.05) is 26.4 Å². The highest BCUT2D eigenvalue weighted by molar-refractivity contribution is 7.47. The highest BCUT2D eigenvalue weighted by Crippen LogP contribution is 2.43. The summed E-state index contributed by atoms with van der Waals surface area (Å²) in [5.41, 5.74) is 0. The lowest BCUT2D eigenvalue weighted by molar-refractivity contribution is -0.161. The molecule has 12 heteroatoms. The molecule has 0 aliphatic carbocycles. The van der Waals surface area contributed by atoms with E-state index in [-0.39, 0.29) is 25.9 Å². The lowest BCUT2D eigenvalue weighted by atomic mass is 10.1. The Balaban J connectivity index is 4.83. The minimum absolute atomic E-state index is 0.123. The third kappa shape index (κ3) is 52.5. The normalized spacial score (nSPS) is 14.4. The smallest absolute Gasteiger partial charge is 0.462 e. The van der Waals surface area contributed by atoms with E-state index in [2.05, 4.69) is 154 Å². The van der Waals surface area contributed by atoms with Gasteiger partial charge < -0.3 is 24.2 Å². The molecule has 3 atom stereocenters. The molecule has 0 saturated carbocycles. The van der Waals surface area contributed by atoms with Crippen LogP contribution in [-0.2, 0) is 42.2 Å². The Kier molecular flexibility index (Phi) is 51.6. The summed E-state index contributed by atoms with van der Waals surface area (Å²) in [7, 11) is -4.78. The summed E-state index contributed by atoms with van der Waals surface area (Å²) in [6.45, 7) is 4.18. The van der Waals surface area contributed by atoms with Gasteiger partial charge in [-0.25, -0.2) is 4.57 Å². The predicted octanol–water partition coefficient (Wildman–Crippen LogP) is 16.6. The van der Waals surface area contributed by atoms with Crippen molar-refractivity contribution >= 4 is 25.7 Å². The second kappa shape index (κ2) is 54.9. The van der Waals surface area contributed by atoms with E-state index in [0.717, 1.165) is 141 Å². The number of phosphoric ester groups is 1. The second-order valence-corrected chi connectivity index (χ2v) is 19.4. The van der Waals surface area contributed by atoms with Crippen molar-refractivity contribution in [1.29, 1.82) is 0 Å². The molecule has 0 aliphatic heterocycles. The first-order valence-electron chi connectivity index (χ1n) is 28.1. The van der Waals surface area contributed by atoms with Crippen LogP contribution in [0.25, 0.3) is 0 Å². The van der Waals surface area contributed by atoms with Gasteiger partial charge in [-0.15, -0.1) is 0 Å². The number of hydrogen-bond donors (Lipinski definition) is 2. The summed E-state index contributed by atoms with van der Waals surface area (Å²) < 4.78 is 39.4. The first-order chi connectivity index (χ1) is 36.2. The van der Waals surface area contributed by atoms with E-state index in [1.165, 1.54) is 0 Å². The van der Waals surface area contributed by atoms with Gasteiger partial charge in [0.05, 0.1) is 19.8 Å². The Labute approximate surface area is 449 Å². The van der Waals surface area contributed by atoms with Gasteiger partial charge in [0.25, 0.3) is 0 Å². The molecule has 418 valence electrons. The van der Waals surface area contributed by atoms with Crippen LogP contribution >= 0.6 is 7.82 Å². The lowest BCUT2D eigenvalue weighted by Gasteiger charge is -2.21. The van der Waals surface area contributed by atoms with Crippen molar-refractivity contribution in [2.45, 2.75) is 213 Å². The first kappa shape index (κ1) is 69.6. The van der Waals surface area contributed by atoms with E-state index in [1.807, 2.05) is 0 Å². The van der Waals surface area contributed by atoms with Crippen molar-refractivity contribution in [3.63, 3.8) is 0 Å². The highest BCUT2D eigenvalue weighted by atomic mass is 31.2. The van der Waals surface area contributed by atoms with E-state index in [9.17, 15) is 28.9 Å². The van der Waals surface area contributed by atoms with Gasteiger partial charge in [-0.3, -0.25) is 23.4 Å². The first-order valence-corrected chi connectivity index (χ1v) is 29.6. The van der Waals surface area contributed by atoms with Crippen LogP contribution in [0.1, 0.15) is 201 Å². The number of ether oxygens (including phenoxy) is 3. The fourth-order valence-corrected chi connectivity index (χ4v) is 7.66. The molecule has 0 radical (unpaired) electrons. The number of esters is 3. The topological polar surface area (TPSA) is 155 Å². The number of hydrogen-bond acceptors (Lipinski definition) is 10. The van der Waals surface area contributed by atoms with Crippen molar-refractivity contribution in [2.24, 2.45) is 0 Å². The molecular weight excluding hydrogens is 952 g/mol. The van der Waals surface area contributed by atoms with Crippen LogP contribution in [0.4, 0.5) is 0 Å². The summed E-state index contributed by atoms with van der Waals surface area (Å²) in [6, 6.07) is 0. The van der Waals surface area contributed by atoms with Crippen LogP contribution in [0, 0.1) is 0 Å². The molecule has 0 rings (SSSR count). The van der Waals surface area contributed by atoms with E-state index < -0.39 is 57.8 Å². The third-order valence-corrected chi connectivity index (χ3v) is 12.0. The van der Waals surface area contributed by atoms with Gasteiger partial charge >= 0.3 is 25.7 Å². The third-order valence-electron chi connectivity index (χ3n) is 11.1. The average Bonchev–Trinajstić information content (AvgIpc) is 3.39. The fraction of sp³-hybridized carbons (Fsp3) is 0.597. The van der Waals surface area contributed by atoms with Crippen molar-refractivity contribution in [1.82, 2.24) is 0 Å². The summed E-state index contributed by atoms with van der Waals surface area (Å²) in [5, 5.41) is 9.81. The molecule has 0 aromatic rings. The lowest BCUT2D eigenvalue weighted by Crippen LogP contribution is -2.30. The molecule has 0 spiro atoms. The fourth-order valence-electron chi connectivity index (χ4n) is 6.88. The molecule has 3 unspecified atom stereocenters. The van der Waals surface area contributed by atoms with Crippen molar-refractivity contribution in [3.8, 4) is 0 Å². The molecule has 11 nitrogen and oxygen atoms in total. The van der Waals surface area contributed by atoms with Crippen molar-refractivity contribution in [3.05, 3.63) is 134 Å². The molecule has 0 bridgehead atoms. The van der Waals surface area contributed by atoms with Gasteiger partial charge in [-0.2, -0.15) is 0 Å². The SMILES string of the molecule is CC/C=C\C/C=C\C/C=C\C/C=C\CCCCCCC(=O)OC(CO)COP(=O)(O)OCC(COC(=O)CCCCC/C=C\C/C=C\C/C=C\CC)OC(=O)CCCCCC/C=C\C/C=C\C/C=C\C/C=C\CC. The van der Waals surface area contributed by atoms with Gasteiger partial charge in [0.15, 0.2) is 6.10 Å². The molecule has 74 heavy (non-hydrogen) atoms. The Bertz CT molecular complexity index is 1750. The number of carbonyl (C=O) groups is 3. The predicted molar refractivity (Wildman–Crippen MR) is 306 cm³/mol. The minimum atomic E-state index is -4.78. The maximum Gasteiger partial charge on any atom is 0.472 e. The van der Waals surface area contributed by atoms with Crippen LogP contribution < -0.4 is 0 Å². The number of aliphatic hydroxyl groups is 1. The number of phosphoric acid groups is 1. The van der Waals surface area contributed by atoms with E-state index >= 15 is 0 Å². The number of carbonyl (C=O) groups excluding carboxylic acids is 3. The van der Waals surface area contributed by atoms with E-state index in [0.29, 0.717) is 19.3 Å². The average molecular weight is 1050 g/mol. The highest BCUT2D eigenvalue weighted by Gasteiger charge is 2.28. The molecule has 2 N–H and O–H groups in total. The monoisotopic (exact) mass is 1050 g/mol. The molecule has 0 amide bonds. The Morgan fingerprint density at radius 3 is 1.01 bits per heavy atom. The Hall–Kier alpha value is -4.38. The van der Waals surface area contributed by atoms with Gasteiger partial charge in [0.1, 0.15) is 12.7 Å². The Morgan fingerprint density at radius 2 is 0.662 bits per heavy atom. The zero-order valence-corrected chi connectivity index (χ0v) is 46.9. The van der Waals surface area contributed by atoms with E-state index in [1.54, 1.807) is 0 Å². The zero-order chi connectivity index (χ0) is 54.1. The molecular formula is C62H99O11P. The quantitative estimate of drug-likeness (QED) is 0.0197. The molecule has 0 fully saturated rings. The molecule has 0 aromatic heterocycles. The molecule has 0 saturated heterocycles. The zero-order valence-electron chi connectivity index (χ0n) is 46.0. The summed E-state index contributed by atoms with van der Waals surface area (Å²) in [6.07, 6.45) is 68.4. The maximum atomic E-state index is 12.9. The molecule has 0 aliphatic rings. The van der Waals surface area contributed by atoms with E-state index in [4.69, 9.17) is 23.3 Å². The van der Waals surface area contributed by atoms with Crippen LogP contribution in [-0.4, -0.2) is 66.5 Å². The number of rotatable bonds is 50. The largest absolute Gasteiger partial charge is 0.472 e. The van der Waals surface area contributed by atoms with Crippen LogP contribution in [0.2, 0.25) is 0 Å². The Morgan fingerprint density at radius 1 is 0.378 bits per heavy atom. The van der Waals surface area contributed by atoms with Gasteiger partial charge in [-0.05, 0) is 128 Å². The minimum Gasteiger partial charge on any atom is -0.462 e. The standard InChI is InChI=1S/C62H99O11P/c1-4-7-10-13-16-19-22-25-27-29-31-34-37-40-43-46-49-52-61(65)72-58(54-63)56-70-74(67,68)71-57-59(55-69-60(64)51-48-45-42-39-36-33-24-21-18-15-12-9-6-3)73-62(66)53-50-47-44-41-38-35-32-30-28-26-23-20-17-14-11-8-5-2/h7-12,16-21,25-28,31-36,58-59,63H,4-6,13-15,22-24,29-30,37-57H2,1-3H3,(H,67,68)/b10-7-,11-8-,12-9-,19-16-,20-17-,21-18-,27-25-,28-26-,34-31-,35-32-,36-33-. The van der Waals surface area contributed by atoms with Gasteiger partial charge in [-0.1, -0.05) is 187 Å². The number of aliphatic hydroxyl groups excluding tert-OH is 1. The maximum absolute atomic E-state index is 12.9. The number of unbranched alkanes of at least 4 members (excludes halogenated alkanes) is 11.